The SMILES string of the molecule is CCC1(CC)CN=C(NCC2(C)CCCCC2)SC1. The number of aliphatic imine (C=N–C) groups is 1. The van der Waals surface area contributed by atoms with Gasteiger partial charge in [0.15, 0.2) is 5.17 Å². The van der Waals surface area contributed by atoms with Crippen molar-refractivity contribution in [2.24, 2.45) is 15.8 Å². The van der Waals surface area contributed by atoms with Crippen molar-refractivity contribution in [3.63, 3.8) is 0 Å². The van der Waals surface area contributed by atoms with E-state index in [0.29, 0.717) is 10.8 Å². The molecule has 19 heavy (non-hydrogen) atoms. The van der Waals surface area contributed by atoms with Crippen molar-refractivity contribution in [3.05, 3.63) is 0 Å². The predicted octanol–water partition coefficient (Wildman–Crippen LogP) is 4.46. The third-order valence-electron chi connectivity index (χ3n) is 5.30. The Morgan fingerprint density at radius 3 is 2.37 bits per heavy atom. The zero-order valence-corrected chi connectivity index (χ0v) is 13.7. The van der Waals surface area contributed by atoms with Crippen molar-refractivity contribution < 1.29 is 0 Å². The molecule has 3 heteroatoms. The Hall–Kier alpha value is -0.180. The first-order valence-corrected chi connectivity index (χ1v) is 9.01. The van der Waals surface area contributed by atoms with Crippen molar-refractivity contribution in [1.82, 2.24) is 5.32 Å². The summed E-state index contributed by atoms with van der Waals surface area (Å²) in [5.74, 6) is 1.24. The number of hydrogen-bond donors (Lipinski definition) is 1. The van der Waals surface area contributed by atoms with Crippen LogP contribution >= 0.6 is 11.8 Å². The number of thioether (sulfide) groups is 1. The van der Waals surface area contributed by atoms with Gasteiger partial charge in [-0.1, -0.05) is 51.8 Å². The van der Waals surface area contributed by atoms with Crippen LogP contribution in [0.2, 0.25) is 0 Å². The van der Waals surface area contributed by atoms with Gasteiger partial charge in [0.1, 0.15) is 0 Å². The summed E-state index contributed by atoms with van der Waals surface area (Å²) in [4.78, 5) is 4.81. The predicted molar refractivity (Wildman–Crippen MR) is 87.0 cm³/mol. The van der Waals surface area contributed by atoms with Crippen molar-refractivity contribution in [3.8, 4) is 0 Å². The molecular weight excluding hydrogens is 252 g/mol. The molecule has 0 saturated heterocycles. The average molecular weight is 282 g/mol. The summed E-state index contributed by atoms with van der Waals surface area (Å²) in [6.45, 7) is 9.19. The summed E-state index contributed by atoms with van der Waals surface area (Å²) in [6.07, 6.45) is 9.52. The van der Waals surface area contributed by atoms with E-state index in [-0.39, 0.29) is 0 Å². The molecule has 0 aromatic carbocycles. The molecule has 2 aliphatic rings. The minimum absolute atomic E-state index is 0.463. The summed E-state index contributed by atoms with van der Waals surface area (Å²) in [6, 6.07) is 0. The monoisotopic (exact) mass is 282 g/mol. The Kier molecular flexibility index (Phi) is 5.22. The van der Waals surface area contributed by atoms with Crippen molar-refractivity contribution in [1.29, 1.82) is 0 Å². The Bertz CT molecular complexity index is 315. The zero-order chi connectivity index (χ0) is 13.8. The lowest BCUT2D eigenvalue weighted by atomic mass is 9.76. The Balaban J connectivity index is 1.83. The van der Waals surface area contributed by atoms with Crippen LogP contribution in [0.25, 0.3) is 0 Å². The maximum atomic E-state index is 4.81. The highest BCUT2D eigenvalue weighted by molar-refractivity contribution is 8.13. The second kappa shape index (κ2) is 6.51. The summed E-state index contributed by atoms with van der Waals surface area (Å²) >= 11 is 1.95. The molecule has 1 heterocycles. The van der Waals surface area contributed by atoms with Gasteiger partial charge in [0.2, 0.25) is 0 Å². The topological polar surface area (TPSA) is 24.4 Å². The van der Waals surface area contributed by atoms with Gasteiger partial charge >= 0.3 is 0 Å². The molecular formula is C16H30N2S. The third kappa shape index (κ3) is 3.90. The van der Waals surface area contributed by atoms with E-state index in [9.17, 15) is 0 Å². The van der Waals surface area contributed by atoms with Crippen LogP contribution in [-0.4, -0.2) is 24.0 Å². The fraction of sp³-hybridized carbons (Fsp3) is 0.938. The minimum atomic E-state index is 0.463. The molecule has 110 valence electrons. The van der Waals surface area contributed by atoms with Crippen LogP contribution in [0.5, 0.6) is 0 Å². The first-order chi connectivity index (χ1) is 9.11. The largest absolute Gasteiger partial charge is 0.364 e. The van der Waals surface area contributed by atoms with E-state index >= 15 is 0 Å². The van der Waals surface area contributed by atoms with E-state index in [0.717, 1.165) is 13.1 Å². The minimum Gasteiger partial charge on any atom is -0.364 e. The summed E-state index contributed by atoms with van der Waals surface area (Å²) in [7, 11) is 0. The van der Waals surface area contributed by atoms with E-state index in [4.69, 9.17) is 4.99 Å². The Morgan fingerprint density at radius 2 is 1.84 bits per heavy atom. The van der Waals surface area contributed by atoms with Gasteiger partial charge in [-0.15, -0.1) is 0 Å². The van der Waals surface area contributed by atoms with E-state index in [1.807, 2.05) is 11.8 Å². The number of rotatable bonds is 4. The number of hydrogen-bond acceptors (Lipinski definition) is 3. The lowest BCUT2D eigenvalue weighted by Gasteiger charge is -2.36. The quantitative estimate of drug-likeness (QED) is 0.823. The molecule has 2 nitrogen and oxygen atoms in total. The van der Waals surface area contributed by atoms with Gasteiger partial charge in [0.25, 0.3) is 0 Å². The molecule has 0 spiro atoms. The molecule has 0 radical (unpaired) electrons. The first-order valence-electron chi connectivity index (χ1n) is 8.03. The van der Waals surface area contributed by atoms with E-state index in [1.54, 1.807) is 0 Å². The smallest absolute Gasteiger partial charge is 0.156 e. The second-order valence-electron chi connectivity index (χ2n) is 6.84. The molecule has 0 atom stereocenters. The normalized spacial score (nSPS) is 25.7. The lowest BCUT2D eigenvalue weighted by molar-refractivity contribution is 0.218. The van der Waals surface area contributed by atoms with E-state index in [1.165, 1.54) is 55.9 Å². The van der Waals surface area contributed by atoms with Crippen LogP contribution in [0.1, 0.15) is 65.7 Å². The Morgan fingerprint density at radius 1 is 1.16 bits per heavy atom. The van der Waals surface area contributed by atoms with Gasteiger partial charge < -0.3 is 5.32 Å². The molecule has 1 aliphatic carbocycles. The zero-order valence-electron chi connectivity index (χ0n) is 12.9. The van der Waals surface area contributed by atoms with Crippen molar-refractivity contribution >= 4 is 16.9 Å². The molecule has 1 fully saturated rings. The number of nitrogens with one attached hydrogen (secondary N) is 1. The van der Waals surface area contributed by atoms with Crippen LogP contribution in [0.15, 0.2) is 4.99 Å². The molecule has 1 saturated carbocycles. The van der Waals surface area contributed by atoms with Crippen molar-refractivity contribution in [2.75, 3.05) is 18.8 Å². The molecule has 0 aromatic heterocycles. The maximum absolute atomic E-state index is 4.81. The highest BCUT2D eigenvalue weighted by Crippen LogP contribution is 2.37. The standard InChI is InChI=1S/C16H30N2S/c1-4-16(5-2)12-18-14(19-13-16)17-11-15(3)9-7-6-8-10-15/h4-13H2,1-3H3,(H,17,18). The third-order valence-corrected chi connectivity index (χ3v) is 6.60. The lowest BCUT2D eigenvalue weighted by Crippen LogP contribution is -2.39. The number of amidine groups is 1. The molecule has 2 rings (SSSR count). The molecule has 0 unspecified atom stereocenters. The van der Waals surface area contributed by atoms with Gasteiger partial charge in [0, 0.05) is 18.8 Å². The van der Waals surface area contributed by atoms with Crippen molar-refractivity contribution in [2.45, 2.75) is 65.7 Å². The second-order valence-corrected chi connectivity index (χ2v) is 7.81. The molecule has 1 N–H and O–H groups in total. The average Bonchev–Trinajstić information content (AvgIpc) is 2.47. The van der Waals surface area contributed by atoms with E-state index in [2.05, 4.69) is 26.1 Å². The molecule has 1 aliphatic heterocycles. The molecule has 0 bridgehead atoms. The summed E-state index contributed by atoms with van der Waals surface area (Å²) < 4.78 is 0. The molecule has 0 amide bonds. The van der Waals surface area contributed by atoms with Crippen LogP contribution in [-0.2, 0) is 0 Å². The first kappa shape index (κ1) is 15.2. The fourth-order valence-electron chi connectivity index (χ4n) is 3.21. The van der Waals surface area contributed by atoms with Crippen LogP contribution < -0.4 is 5.32 Å². The summed E-state index contributed by atoms with van der Waals surface area (Å²) in [5, 5.41) is 4.83. The van der Waals surface area contributed by atoms with Gasteiger partial charge in [-0.05, 0) is 36.5 Å². The summed E-state index contributed by atoms with van der Waals surface area (Å²) in [5.41, 5.74) is 0.968. The molecule has 0 aromatic rings. The fourth-order valence-corrected chi connectivity index (χ4v) is 4.48. The maximum Gasteiger partial charge on any atom is 0.156 e. The number of nitrogens with zero attached hydrogens (tertiary/aromatic N) is 1. The highest BCUT2D eigenvalue weighted by atomic mass is 32.2. The van der Waals surface area contributed by atoms with Crippen LogP contribution in [0.3, 0.4) is 0 Å². The van der Waals surface area contributed by atoms with Gasteiger partial charge in [0.05, 0.1) is 0 Å². The Labute approximate surface area is 123 Å². The van der Waals surface area contributed by atoms with Gasteiger partial charge in [-0.2, -0.15) is 0 Å². The van der Waals surface area contributed by atoms with Gasteiger partial charge in [-0.3, -0.25) is 4.99 Å². The van der Waals surface area contributed by atoms with Gasteiger partial charge in [-0.25, -0.2) is 0 Å². The van der Waals surface area contributed by atoms with Crippen LogP contribution in [0.4, 0.5) is 0 Å². The van der Waals surface area contributed by atoms with Crippen LogP contribution in [0, 0.1) is 10.8 Å². The van der Waals surface area contributed by atoms with E-state index < -0.39 is 0 Å². The highest BCUT2D eigenvalue weighted by Gasteiger charge is 2.31.